The molecule has 0 aliphatic rings. The summed E-state index contributed by atoms with van der Waals surface area (Å²) in [5.41, 5.74) is 2.65. The SMILES string of the molecule is CCc1cc(C(=O)NCCc2cccnc2)cc(NC)n1. The zero-order chi connectivity index (χ0) is 15.1. The van der Waals surface area contributed by atoms with Crippen LogP contribution in [-0.2, 0) is 12.8 Å². The minimum Gasteiger partial charge on any atom is -0.373 e. The van der Waals surface area contributed by atoms with E-state index in [1.54, 1.807) is 19.3 Å². The maximum atomic E-state index is 12.2. The van der Waals surface area contributed by atoms with Crippen molar-refractivity contribution in [2.45, 2.75) is 19.8 Å². The van der Waals surface area contributed by atoms with E-state index in [1.165, 1.54) is 0 Å². The van der Waals surface area contributed by atoms with E-state index < -0.39 is 0 Å². The lowest BCUT2D eigenvalue weighted by Gasteiger charge is -2.08. The number of hydrogen-bond acceptors (Lipinski definition) is 4. The number of aryl methyl sites for hydroxylation is 1. The largest absolute Gasteiger partial charge is 0.373 e. The lowest BCUT2D eigenvalue weighted by Crippen LogP contribution is -2.26. The fraction of sp³-hybridized carbons (Fsp3) is 0.312. The van der Waals surface area contributed by atoms with Crippen LogP contribution in [0.15, 0.2) is 36.7 Å². The standard InChI is InChI=1S/C16H20N4O/c1-3-14-9-13(10-15(17-2)20-14)16(21)19-8-6-12-5-4-7-18-11-12/h4-5,7,9-11H,3,6,8H2,1-2H3,(H,17,20)(H,19,21). The number of nitrogens with one attached hydrogen (secondary N) is 2. The second-order valence-electron chi connectivity index (χ2n) is 4.70. The maximum absolute atomic E-state index is 12.2. The van der Waals surface area contributed by atoms with Gasteiger partial charge >= 0.3 is 0 Å². The van der Waals surface area contributed by atoms with Crippen LogP contribution in [0.2, 0.25) is 0 Å². The lowest BCUT2D eigenvalue weighted by atomic mass is 10.1. The first-order chi connectivity index (χ1) is 10.2. The van der Waals surface area contributed by atoms with Crippen molar-refractivity contribution < 1.29 is 4.79 Å². The Hall–Kier alpha value is -2.43. The molecule has 0 saturated heterocycles. The van der Waals surface area contributed by atoms with Crippen LogP contribution in [0.3, 0.4) is 0 Å². The van der Waals surface area contributed by atoms with Crippen LogP contribution in [0.25, 0.3) is 0 Å². The molecular formula is C16H20N4O. The number of hydrogen-bond donors (Lipinski definition) is 2. The van der Waals surface area contributed by atoms with Crippen molar-refractivity contribution in [3.63, 3.8) is 0 Å². The molecule has 0 saturated carbocycles. The molecule has 0 aromatic carbocycles. The van der Waals surface area contributed by atoms with E-state index in [-0.39, 0.29) is 5.91 Å². The molecule has 2 rings (SSSR count). The van der Waals surface area contributed by atoms with Crippen LogP contribution in [0, 0.1) is 0 Å². The van der Waals surface area contributed by atoms with Gasteiger partial charge in [-0.2, -0.15) is 0 Å². The number of pyridine rings is 2. The van der Waals surface area contributed by atoms with Gasteiger partial charge in [-0.05, 0) is 36.6 Å². The van der Waals surface area contributed by atoms with Crippen molar-refractivity contribution in [1.82, 2.24) is 15.3 Å². The van der Waals surface area contributed by atoms with Crippen molar-refractivity contribution >= 4 is 11.7 Å². The van der Waals surface area contributed by atoms with Gasteiger partial charge in [-0.3, -0.25) is 9.78 Å². The van der Waals surface area contributed by atoms with Gasteiger partial charge in [0.1, 0.15) is 5.82 Å². The summed E-state index contributed by atoms with van der Waals surface area (Å²) in [6.45, 7) is 2.61. The van der Waals surface area contributed by atoms with Crippen molar-refractivity contribution in [1.29, 1.82) is 0 Å². The van der Waals surface area contributed by atoms with E-state index >= 15 is 0 Å². The molecular weight excluding hydrogens is 264 g/mol. The van der Waals surface area contributed by atoms with E-state index in [4.69, 9.17) is 0 Å². The molecule has 1 amide bonds. The number of amides is 1. The van der Waals surface area contributed by atoms with Crippen molar-refractivity contribution in [3.8, 4) is 0 Å². The minimum atomic E-state index is -0.0764. The molecule has 2 heterocycles. The van der Waals surface area contributed by atoms with Crippen LogP contribution < -0.4 is 10.6 Å². The van der Waals surface area contributed by atoms with Crippen LogP contribution in [0.4, 0.5) is 5.82 Å². The normalized spacial score (nSPS) is 10.2. The van der Waals surface area contributed by atoms with Crippen LogP contribution in [0.1, 0.15) is 28.5 Å². The van der Waals surface area contributed by atoms with Gasteiger partial charge in [0, 0.05) is 37.2 Å². The predicted octanol–water partition coefficient (Wildman–Crippen LogP) is 2.05. The van der Waals surface area contributed by atoms with Gasteiger partial charge in [0.05, 0.1) is 0 Å². The second kappa shape index (κ2) is 7.38. The van der Waals surface area contributed by atoms with E-state index in [0.717, 1.165) is 24.1 Å². The fourth-order valence-corrected chi connectivity index (χ4v) is 2.00. The molecule has 2 aromatic heterocycles. The van der Waals surface area contributed by atoms with Gasteiger partial charge in [-0.15, -0.1) is 0 Å². The van der Waals surface area contributed by atoms with Gasteiger partial charge < -0.3 is 10.6 Å². The Kier molecular flexibility index (Phi) is 5.26. The Morgan fingerprint density at radius 3 is 2.86 bits per heavy atom. The third-order valence-corrected chi connectivity index (χ3v) is 3.18. The highest BCUT2D eigenvalue weighted by molar-refractivity contribution is 5.95. The average Bonchev–Trinajstić information content (AvgIpc) is 2.55. The van der Waals surface area contributed by atoms with Crippen LogP contribution in [-0.4, -0.2) is 29.5 Å². The Bertz CT molecular complexity index is 576. The molecule has 110 valence electrons. The zero-order valence-corrected chi connectivity index (χ0v) is 12.4. The number of nitrogens with zero attached hydrogens (tertiary/aromatic N) is 2. The summed E-state index contributed by atoms with van der Waals surface area (Å²) in [4.78, 5) is 20.6. The third-order valence-electron chi connectivity index (χ3n) is 3.18. The molecule has 2 aromatic rings. The van der Waals surface area contributed by atoms with Gasteiger partial charge in [0.2, 0.25) is 0 Å². The van der Waals surface area contributed by atoms with Crippen molar-refractivity contribution in [2.24, 2.45) is 0 Å². The molecule has 5 nitrogen and oxygen atoms in total. The summed E-state index contributed by atoms with van der Waals surface area (Å²) in [6, 6.07) is 7.49. The molecule has 0 atom stereocenters. The summed E-state index contributed by atoms with van der Waals surface area (Å²) in [6.07, 6.45) is 5.12. The Morgan fingerprint density at radius 1 is 1.33 bits per heavy atom. The molecule has 2 N–H and O–H groups in total. The average molecular weight is 284 g/mol. The van der Waals surface area contributed by atoms with E-state index in [1.807, 2.05) is 31.3 Å². The summed E-state index contributed by atoms with van der Waals surface area (Å²) in [5.74, 6) is 0.638. The second-order valence-corrected chi connectivity index (χ2v) is 4.70. The Morgan fingerprint density at radius 2 is 2.19 bits per heavy atom. The molecule has 5 heteroatoms. The minimum absolute atomic E-state index is 0.0764. The van der Waals surface area contributed by atoms with E-state index in [2.05, 4.69) is 20.6 Å². The zero-order valence-electron chi connectivity index (χ0n) is 12.4. The van der Waals surface area contributed by atoms with Gasteiger partial charge in [-0.1, -0.05) is 13.0 Å². The lowest BCUT2D eigenvalue weighted by molar-refractivity contribution is 0.0954. The first-order valence-electron chi connectivity index (χ1n) is 7.08. The highest BCUT2D eigenvalue weighted by atomic mass is 16.1. The topological polar surface area (TPSA) is 66.9 Å². The summed E-state index contributed by atoms with van der Waals surface area (Å²) >= 11 is 0. The highest BCUT2D eigenvalue weighted by Gasteiger charge is 2.08. The number of aromatic nitrogens is 2. The Labute approximate surface area is 124 Å². The quantitative estimate of drug-likeness (QED) is 0.852. The van der Waals surface area contributed by atoms with Crippen LogP contribution >= 0.6 is 0 Å². The number of carbonyl (C=O) groups excluding carboxylic acids is 1. The van der Waals surface area contributed by atoms with Gasteiger partial charge in [0.15, 0.2) is 0 Å². The van der Waals surface area contributed by atoms with Crippen molar-refractivity contribution in [3.05, 3.63) is 53.5 Å². The third kappa shape index (κ3) is 4.27. The number of carbonyl (C=O) groups is 1. The summed E-state index contributed by atoms with van der Waals surface area (Å²) in [7, 11) is 1.80. The fourth-order valence-electron chi connectivity index (χ4n) is 2.00. The maximum Gasteiger partial charge on any atom is 0.251 e. The van der Waals surface area contributed by atoms with Crippen LogP contribution in [0.5, 0.6) is 0 Å². The first-order valence-corrected chi connectivity index (χ1v) is 7.08. The highest BCUT2D eigenvalue weighted by Crippen LogP contribution is 2.10. The number of anilines is 1. The summed E-state index contributed by atoms with van der Waals surface area (Å²) < 4.78 is 0. The molecule has 0 aliphatic heterocycles. The van der Waals surface area contributed by atoms with Gasteiger partial charge in [0.25, 0.3) is 5.91 Å². The first kappa shape index (κ1) is 15.0. The number of rotatable bonds is 6. The smallest absolute Gasteiger partial charge is 0.251 e. The molecule has 0 bridgehead atoms. The molecule has 0 aliphatic carbocycles. The van der Waals surface area contributed by atoms with Crippen molar-refractivity contribution in [2.75, 3.05) is 18.9 Å². The van der Waals surface area contributed by atoms with E-state index in [9.17, 15) is 4.79 Å². The Balaban J connectivity index is 1.97. The monoisotopic (exact) mass is 284 g/mol. The predicted molar refractivity (Wildman–Crippen MR) is 83.4 cm³/mol. The molecule has 0 spiro atoms. The van der Waals surface area contributed by atoms with E-state index in [0.29, 0.717) is 17.9 Å². The molecule has 0 radical (unpaired) electrons. The molecule has 0 unspecified atom stereocenters. The molecule has 21 heavy (non-hydrogen) atoms. The van der Waals surface area contributed by atoms with Gasteiger partial charge in [-0.25, -0.2) is 4.98 Å². The molecule has 0 fully saturated rings. The summed E-state index contributed by atoms with van der Waals surface area (Å²) in [5, 5.41) is 5.91.